The van der Waals surface area contributed by atoms with Crippen LogP contribution in [0.4, 0.5) is 0 Å². The van der Waals surface area contributed by atoms with E-state index in [2.05, 4.69) is 11.0 Å². The van der Waals surface area contributed by atoms with Gasteiger partial charge in [0.05, 0.1) is 11.6 Å². The zero-order valence-corrected chi connectivity index (χ0v) is 14.1. The molecule has 0 aromatic heterocycles. The zero-order valence-electron chi connectivity index (χ0n) is 14.1. The second-order valence-electron chi connectivity index (χ2n) is 5.99. The second-order valence-corrected chi connectivity index (χ2v) is 5.99. The maximum atomic E-state index is 12.5. The number of rotatable bonds is 5. The molecule has 0 N–H and O–H groups in total. The number of carbonyl (C=O) groups is 1. The third-order valence-corrected chi connectivity index (χ3v) is 4.32. The molecule has 1 aliphatic heterocycles. The Hall–Kier alpha value is -2.84. The predicted octanol–water partition coefficient (Wildman–Crippen LogP) is 2.40. The standard InChI is InChI=1S/C20H21N3O2/c21-16-17-5-4-6-18(15-17)20(24)23-11-9-22(10-12-23)13-14-25-19-7-2-1-3-8-19/h1-8,15H,9-14H2. The Labute approximate surface area is 148 Å². The van der Waals surface area contributed by atoms with Crippen LogP contribution in [0, 0.1) is 11.3 Å². The summed E-state index contributed by atoms with van der Waals surface area (Å²) in [5.74, 6) is 0.881. The van der Waals surface area contributed by atoms with Crippen LogP contribution < -0.4 is 4.74 Å². The van der Waals surface area contributed by atoms with Crippen molar-refractivity contribution in [2.24, 2.45) is 0 Å². The van der Waals surface area contributed by atoms with E-state index >= 15 is 0 Å². The lowest BCUT2D eigenvalue weighted by Crippen LogP contribution is -2.49. The SMILES string of the molecule is N#Cc1cccc(C(=O)N2CCN(CCOc3ccccc3)CC2)c1. The Morgan fingerprint density at radius 2 is 1.80 bits per heavy atom. The third kappa shape index (κ3) is 4.59. The second kappa shape index (κ2) is 8.32. The van der Waals surface area contributed by atoms with Crippen LogP contribution in [0.3, 0.4) is 0 Å². The summed E-state index contributed by atoms with van der Waals surface area (Å²) in [5, 5.41) is 8.96. The van der Waals surface area contributed by atoms with E-state index in [4.69, 9.17) is 10.00 Å². The highest BCUT2D eigenvalue weighted by Crippen LogP contribution is 2.12. The molecule has 1 amide bonds. The number of para-hydroxylation sites is 1. The topological polar surface area (TPSA) is 56.6 Å². The largest absolute Gasteiger partial charge is 0.492 e. The van der Waals surface area contributed by atoms with Crippen molar-refractivity contribution in [2.45, 2.75) is 0 Å². The molecule has 2 aromatic carbocycles. The highest BCUT2D eigenvalue weighted by molar-refractivity contribution is 5.94. The molecule has 5 heteroatoms. The number of benzene rings is 2. The van der Waals surface area contributed by atoms with Gasteiger partial charge < -0.3 is 9.64 Å². The average Bonchev–Trinajstić information content (AvgIpc) is 2.69. The number of hydrogen-bond donors (Lipinski definition) is 0. The van der Waals surface area contributed by atoms with Crippen LogP contribution in [-0.4, -0.2) is 55.0 Å². The van der Waals surface area contributed by atoms with Gasteiger partial charge in [-0.2, -0.15) is 5.26 Å². The number of nitrogens with zero attached hydrogens (tertiary/aromatic N) is 3. The molecule has 2 aromatic rings. The molecule has 0 aliphatic carbocycles. The van der Waals surface area contributed by atoms with Gasteiger partial charge in [-0.25, -0.2) is 0 Å². The van der Waals surface area contributed by atoms with Gasteiger partial charge in [0, 0.05) is 38.3 Å². The number of nitriles is 1. The lowest BCUT2D eigenvalue weighted by atomic mass is 10.1. The van der Waals surface area contributed by atoms with Crippen molar-refractivity contribution in [1.29, 1.82) is 5.26 Å². The van der Waals surface area contributed by atoms with E-state index in [0.717, 1.165) is 25.4 Å². The summed E-state index contributed by atoms with van der Waals surface area (Å²) in [6.07, 6.45) is 0. The van der Waals surface area contributed by atoms with E-state index in [-0.39, 0.29) is 5.91 Å². The quantitative estimate of drug-likeness (QED) is 0.842. The predicted molar refractivity (Wildman–Crippen MR) is 95.4 cm³/mol. The van der Waals surface area contributed by atoms with Gasteiger partial charge in [-0.3, -0.25) is 9.69 Å². The summed E-state index contributed by atoms with van der Waals surface area (Å²) in [7, 11) is 0. The van der Waals surface area contributed by atoms with Crippen molar-refractivity contribution < 1.29 is 9.53 Å². The van der Waals surface area contributed by atoms with E-state index in [9.17, 15) is 4.79 Å². The van der Waals surface area contributed by atoms with Gasteiger partial charge in [0.2, 0.25) is 0 Å². The van der Waals surface area contributed by atoms with Crippen molar-refractivity contribution in [1.82, 2.24) is 9.80 Å². The van der Waals surface area contributed by atoms with Gasteiger partial charge in [-0.1, -0.05) is 24.3 Å². The lowest BCUT2D eigenvalue weighted by molar-refractivity contribution is 0.0620. The first-order chi connectivity index (χ1) is 12.3. The fourth-order valence-electron chi connectivity index (χ4n) is 2.89. The van der Waals surface area contributed by atoms with E-state index in [1.54, 1.807) is 24.3 Å². The van der Waals surface area contributed by atoms with E-state index < -0.39 is 0 Å². The Morgan fingerprint density at radius 1 is 1.04 bits per heavy atom. The molecule has 3 rings (SSSR count). The van der Waals surface area contributed by atoms with Crippen LogP contribution in [0.5, 0.6) is 5.75 Å². The summed E-state index contributed by atoms with van der Waals surface area (Å²) in [4.78, 5) is 16.7. The molecule has 0 unspecified atom stereocenters. The Morgan fingerprint density at radius 3 is 2.52 bits per heavy atom. The average molecular weight is 335 g/mol. The normalized spacial score (nSPS) is 14.8. The maximum Gasteiger partial charge on any atom is 0.253 e. The highest BCUT2D eigenvalue weighted by Gasteiger charge is 2.22. The molecule has 25 heavy (non-hydrogen) atoms. The van der Waals surface area contributed by atoms with Gasteiger partial charge in [-0.05, 0) is 30.3 Å². The van der Waals surface area contributed by atoms with E-state index in [1.165, 1.54) is 0 Å². The molecule has 128 valence electrons. The van der Waals surface area contributed by atoms with Crippen LogP contribution in [0.1, 0.15) is 15.9 Å². The molecular weight excluding hydrogens is 314 g/mol. The Kier molecular flexibility index (Phi) is 5.65. The number of piperazine rings is 1. The summed E-state index contributed by atoms with van der Waals surface area (Å²) in [5.41, 5.74) is 1.10. The highest BCUT2D eigenvalue weighted by atomic mass is 16.5. The van der Waals surface area contributed by atoms with Crippen LogP contribution >= 0.6 is 0 Å². The van der Waals surface area contributed by atoms with Crippen LogP contribution in [0.15, 0.2) is 54.6 Å². The van der Waals surface area contributed by atoms with E-state index in [0.29, 0.717) is 30.8 Å². The molecular formula is C20H21N3O2. The Bertz CT molecular complexity index is 747. The van der Waals surface area contributed by atoms with Crippen LogP contribution in [-0.2, 0) is 0 Å². The molecule has 0 saturated carbocycles. The molecule has 1 heterocycles. The molecule has 1 fully saturated rings. The maximum absolute atomic E-state index is 12.5. The van der Waals surface area contributed by atoms with Crippen molar-refractivity contribution in [2.75, 3.05) is 39.3 Å². The molecule has 0 radical (unpaired) electrons. The first-order valence-electron chi connectivity index (χ1n) is 8.46. The summed E-state index contributed by atoms with van der Waals surface area (Å²) >= 11 is 0. The number of carbonyl (C=O) groups excluding carboxylic acids is 1. The summed E-state index contributed by atoms with van der Waals surface area (Å²) in [6, 6.07) is 18.7. The Balaban J connectivity index is 1.45. The first kappa shape index (κ1) is 17.0. The van der Waals surface area contributed by atoms with Crippen LogP contribution in [0.2, 0.25) is 0 Å². The zero-order chi connectivity index (χ0) is 17.5. The minimum atomic E-state index is -0.00251. The van der Waals surface area contributed by atoms with Gasteiger partial charge in [0.1, 0.15) is 12.4 Å². The molecule has 0 atom stereocenters. The molecule has 0 spiro atoms. The number of hydrogen-bond acceptors (Lipinski definition) is 4. The number of amides is 1. The molecule has 1 saturated heterocycles. The fraction of sp³-hybridized carbons (Fsp3) is 0.300. The smallest absolute Gasteiger partial charge is 0.253 e. The summed E-state index contributed by atoms with van der Waals surface area (Å²) < 4.78 is 5.73. The molecule has 1 aliphatic rings. The van der Waals surface area contributed by atoms with Gasteiger partial charge in [0.15, 0.2) is 0 Å². The van der Waals surface area contributed by atoms with Gasteiger partial charge >= 0.3 is 0 Å². The van der Waals surface area contributed by atoms with Crippen molar-refractivity contribution >= 4 is 5.91 Å². The van der Waals surface area contributed by atoms with Crippen molar-refractivity contribution in [3.8, 4) is 11.8 Å². The molecule has 0 bridgehead atoms. The van der Waals surface area contributed by atoms with Gasteiger partial charge in [0.25, 0.3) is 5.91 Å². The monoisotopic (exact) mass is 335 g/mol. The fourth-order valence-corrected chi connectivity index (χ4v) is 2.89. The first-order valence-corrected chi connectivity index (χ1v) is 8.46. The molecule has 5 nitrogen and oxygen atoms in total. The van der Waals surface area contributed by atoms with Crippen molar-refractivity contribution in [3.05, 3.63) is 65.7 Å². The van der Waals surface area contributed by atoms with Gasteiger partial charge in [-0.15, -0.1) is 0 Å². The minimum absolute atomic E-state index is 0.00251. The minimum Gasteiger partial charge on any atom is -0.492 e. The van der Waals surface area contributed by atoms with Crippen molar-refractivity contribution in [3.63, 3.8) is 0 Å². The lowest BCUT2D eigenvalue weighted by Gasteiger charge is -2.34. The van der Waals surface area contributed by atoms with Crippen LogP contribution in [0.25, 0.3) is 0 Å². The third-order valence-electron chi connectivity index (χ3n) is 4.32. The van der Waals surface area contributed by atoms with E-state index in [1.807, 2.05) is 35.2 Å². The number of ether oxygens (including phenoxy) is 1. The summed E-state index contributed by atoms with van der Waals surface area (Å²) in [6.45, 7) is 4.55.